The van der Waals surface area contributed by atoms with E-state index < -0.39 is 0 Å². The molecule has 1 rings (SSSR count). The molecule has 0 saturated carbocycles. The molecule has 4 nitrogen and oxygen atoms in total. The van der Waals surface area contributed by atoms with Crippen molar-refractivity contribution in [1.82, 2.24) is 5.32 Å². The second-order valence-corrected chi connectivity index (χ2v) is 3.48. The van der Waals surface area contributed by atoms with Crippen molar-refractivity contribution < 1.29 is 9.53 Å². The van der Waals surface area contributed by atoms with Crippen LogP contribution in [0.3, 0.4) is 0 Å². The zero-order valence-corrected chi connectivity index (χ0v) is 9.53. The molecule has 4 heteroatoms. The molecule has 0 heterocycles. The Balaban J connectivity index is 2.40. The van der Waals surface area contributed by atoms with E-state index in [9.17, 15) is 4.79 Å². The molecule has 0 unspecified atom stereocenters. The first-order chi connectivity index (χ1) is 7.77. The molecule has 16 heavy (non-hydrogen) atoms. The van der Waals surface area contributed by atoms with Crippen LogP contribution in [-0.2, 0) is 0 Å². The molecule has 0 aliphatic carbocycles. The topological polar surface area (TPSA) is 64.3 Å². The largest absolute Gasteiger partial charge is 0.497 e. The molecule has 0 aliphatic rings. The van der Waals surface area contributed by atoms with Crippen LogP contribution < -0.4 is 15.8 Å². The molecule has 0 bridgehead atoms. The normalized spacial score (nSPS) is 9.88. The Morgan fingerprint density at radius 3 is 2.56 bits per heavy atom. The monoisotopic (exact) mass is 222 g/mol. The number of unbranched alkanes of at least 4 members (excludes halogenated alkanes) is 1. The average molecular weight is 222 g/mol. The van der Waals surface area contributed by atoms with Crippen molar-refractivity contribution in [3.8, 4) is 5.75 Å². The summed E-state index contributed by atoms with van der Waals surface area (Å²) >= 11 is 0. The van der Waals surface area contributed by atoms with Crippen molar-refractivity contribution in [2.75, 3.05) is 20.2 Å². The van der Waals surface area contributed by atoms with Gasteiger partial charge in [-0.05, 0) is 43.7 Å². The minimum absolute atomic E-state index is 0.0559. The lowest BCUT2D eigenvalue weighted by molar-refractivity contribution is 0.0953. The van der Waals surface area contributed by atoms with Gasteiger partial charge >= 0.3 is 0 Å². The van der Waals surface area contributed by atoms with E-state index in [0.717, 1.165) is 18.6 Å². The summed E-state index contributed by atoms with van der Waals surface area (Å²) in [6, 6.07) is 7.04. The number of benzene rings is 1. The minimum Gasteiger partial charge on any atom is -0.497 e. The van der Waals surface area contributed by atoms with Gasteiger partial charge in [-0.3, -0.25) is 4.79 Å². The Labute approximate surface area is 95.8 Å². The fourth-order valence-corrected chi connectivity index (χ4v) is 1.32. The Kier molecular flexibility index (Phi) is 5.36. The molecular formula is C12H18N2O2. The van der Waals surface area contributed by atoms with Gasteiger partial charge in [-0.15, -0.1) is 0 Å². The maximum atomic E-state index is 11.6. The molecule has 0 radical (unpaired) electrons. The average Bonchev–Trinajstić information content (AvgIpc) is 2.34. The molecule has 0 saturated heterocycles. The summed E-state index contributed by atoms with van der Waals surface area (Å²) in [4.78, 5) is 11.6. The third-order valence-corrected chi connectivity index (χ3v) is 2.27. The van der Waals surface area contributed by atoms with Crippen molar-refractivity contribution >= 4 is 5.91 Å². The Bertz CT molecular complexity index is 322. The van der Waals surface area contributed by atoms with Crippen molar-refractivity contribution in [2.24, 2.45) is 5.73 Å². The number of ether oxygens (including phenoxy) is 1. The van der Waals surface area contributed by atoms with Gasteiger partial charge in [-0.2, -0.15) is 0 Å². The molecule has 1 aromatic rings. The van der Waals surface area contributed by atoms with Crippen molar-refractivity contribution in [3.05, 3.63) is 29.8 Å². The number of amides is 1. The maximum Gasteiger partial charge on any atom is 0.251 e. The van der Waals surface area contributed by atoms with Crippen LogP contribution in [-0.4, -0.2) is 26.1 Å². The summed E-state index contributed by atoms with van der Waals surface area (Å²) in [7, 11) is 1.60. The smallest absolute Gasteiger partial charge is 0.251 e. The quantitative estimate of drug-likeness (QED) is 0.710. The number of hydrogen-bond acceptors (Lipinski definition) is 3. The summed E-state index contributed by atoms with van der Waals surface area (Å²) in [6.45, 7) is 1.33. The zero-order chi connectivity index (χ0) is 11.8. The highest BCUT2D eigenvalue weighted by Crippen LogP contribution is 2.10. The third-order valence-electron chi connectivity index (χ3n) is 2.27. The van der Waals surface area contributed by atoms with E-state index >= 15 is 0 Å². The van der Waals surface area contributed by atoms with E-state index in [-0.39, 0.29) is 5.91 Å². The molecular weight excluding hydrogens is 204 g/mol. The Morgan fingerprint density at radius 2 is 2.00 bits per heavy atom. The molecule has 3 N–H and O–H groups in total. The Hall–Kier alpha value is -1.55. The zero-order valence-electron chi connectivity index (χ0n) is 9.53. The van der Waals surface area contributed by atoms with Gasteiger partial charge in [0.1, 0.15) is 5.75 Å². The number of carbonyl (C=O) groups excluding carboxylic acids is 1. The van der Waals surface area contributed by atoms with Crippen LogP contribution in [0.5, 0.6) is 5.75 Å². The van der Waals surface area contributed by atoms with E-state index in [1.54, 1.807) is 31.4 Å². The summed E-state index contributed by atoms with van der Waals surface area (Å²) in [6.07, 6.45) is 1.85. The molecule has 0 atom stereocenters. The van der Waals surface area contributed by atoms with Crippen molar-refractivity contribution in [2.45, 2.75) is 12.8 Å². The second-order valence-electron chi connectivity index (χ2n) is 3.48. The molecule has 0 aliphatic heterocycles. The van der Waals surface area contributed by atoms with E-state index in [1.807, 2.05) is 0 Å². The molecule has 88 valence electrons. The molecule has 1 aromatic carbocycles. The highest BCUT2D eigenvalue weighted by Gasteiger charge is 2.03. The maximum absolute atomic E-state index is 11.6. The predicted molar refractivity (Wildman–Crippen MR) is 63.6 cm³/mol. The van der Waals surface area contributed by atoms with E-state index in [4.69, 9.17) is 10.5 Å². The lowest BCUT2D eigenvalue weighted by atomic mass is 10.2. The Morgan fingerprint density at radius 1 is 1.31 bits per heavy atom. The highest BCUT2D eigenvalue weighted by molar-refractivity contribution is 5.94. The number of nitrogens with two attached hydrogens (primary N) is 1. The van der Waals surface area contributed by atoms with Crippen molar-refractivity contribution in [1.29, 1.82) is 0 Å². The van der Waals surface area contributed by atoms with Gasteiger partial charge < -0.3 is 15.8 Å². The van der Waals surface area contributed by atoms with Gasteiger partial charge in [0, 0.05) is 12.1 Å². The molecule has 0 spiro atoms. The van der Waals surface area contributed by atoms with Gasteiger partial charge in [-0.25, -0.2) is 0 Å². The molecule has 1 amide bonds. The van der Waals surface area contributed by atoms with Crippen LogP contribution in [0.2, 0.25) is 0 Å². The standard InChI is InChI=1S/C12H18N2O2/c1-16-11-6-4-10(5-7-11)12(15)14-9-3-2-8-13/h4-7H,2-3,8-9,13H2,1H3,(H,14,15). The molecule has 0 aromatic heterocycles. The SMILES string of the molecule is COc1ccc(C(=O)NCCCCN)cc1. The van der Waals surface area contributed by atoms with Crippen LogP contribution in [0.1, 0.15) is 23.2 Å². The first-order valence-electron chi connectivity index (χ1n) is 5.40. The second kappa shape index (κ2) is 6.85. The number of carbonyl (C=O) groups is 1. The van der Waals surface area contributed by atoms with E-state index in [2.05, 4.69) is 5.32 Å². The third kappa shape index (κ3) is 3.90. The van der Waals surface area contributed by atoms with Gasteiger partial charge in [0.05, 0.1) is 7.11 Å². The lowest BCUT2D eigenvalue weighted by Gasteiger charge is -2.05. The van der Waals surface area contributed by atoms with Crippen LogP contribution in [0.4, 0.5) is 0 Å². The van der Waals surface area contributed by atoms with Crippen LogP contribution in [0, 0.1) is 0 Å². The highest BCUT2D eigenvalue weighted by atomic mass is 16.5. The fourth-order valence-electron chi connectivity index (χ4n) is 1.32. The van der Waals surface area contributed by atoms with Crippen molar-refractivity contribution in [3.63, 3.8) is 0 Å². The van der Waals surface area contributed by atoms with Gasteiger partial charge in [0.25, 0.3) is 5.91 Å². The number of hydrogen-bond donors (Lipinski definition) is 2. The number of rotatable bonds is 6. The number of nitrogens with one attached hydrogen (secondary N) is 1. The van der Waals surface area contributed by atoms with E-state index in [0.29, 0.717) is 18.7 Å². The van der Waals surface area contributed by atoms with Crippen LogP contribution >= 0.6 is 0 Å². The van der Waals surface area contributed by atoms with Gasteiger partial charge in [0.2, 0.25) is 0 Å². The summed E-state index contributed by atoms with van der Waals surface area (Å²) in [5.41, 5.74) is 6.01. The number of methoxy groups -OCH3 is 1. The molecule has 0 fully saturated rings. The van der Waals surface area contributed by atoms with Gasteiger partial charge in [-0.1, -0.05) is 0 Å². The summed E-state index contributed by atoms with van der Waals surface area (Å²) < 4.78 is 5.02. The van der Waals surface area contributed by atoms with Crippen LogP contribution in [0.25, 0.3) is 0 Å². The fraction of sp³-hybridized carbons (Fsp3) is 0.417. The van der Waals surface area contributed by atoms with Crippen LogP contribution in [0.15, 0.2) is 24.3 Å². The summed E-state index contributed by atoms with van der Waals surface area (Å²) in [5.74, 6) is 0.694. The first kappa shape index (κ1) is 12.5. The lowest BCUT2D eigenvalue weighted by Crippen LogP contribution is -2.24. The van der Waals surface area contributed by atoms with E-state index in [1.165, 1.54) is 0 Å². The van der Waals surface area contributed by atoms with Gasteiger partial charge in [0.15, 0.2) is 0 Å². The predicted octanol–water partition coefficient (Wildman–Crippen LogP) is 1.16. The summed E-state index contributed by atoms with van der Waals surface area (Å²) in [5, 5.41) is 2.84. The minimum atomic E-state index is -0.0559. The first-order valence-corrected chi connectivity index (χ1v) is 5.40.